The summed E-state index contributed by atoms with van der Waals surface area (Å²) in [4.78, 5) is 8.79. The van der Waals surface area contributed by atoms with Gasteiger partial charge >= 0.3 is 0 Å². The van der Waals surface area contributed by atoms with Gasteiger partial charge in [0.2, 0.25) is 10.0 Å². The first-order valence-electron chi connectivity index (χ1n) is 7.27. The van der Waals surface area contributed by atoms with Crippen LogP contribution in [0.25, 0.3) is 0 Å². The van der Waals surface area contributed by atoms with Gasteiger partial charge in [0.05, 0.1) is 18.6 Å². The van der Waals surface area contributed by atoms with Crippen LogP contribution in [0.3, 0.4) is 0 Å². The van der Waals surface area contributed by atoms with Crippen LogP contribution in [0.4, 0.5) is 0 Å². The Kier molecular flexibility index (Phi) is 5.29. The molecule has 6 nitrogen and oxygen atoms in total. The van der Waals surface area contributed by atoms with Crippen molar-refractivity contribution in [3.05, 3.63) is 23.3 Å². The quantitative estimate of drug-likeness (QED) is 0.823. The van der Waals surface area contributed by atoms with E-state index in [-0.39, 0.29) is 5.92 Å². The van der Waals surface area contributed by atoms with Crippen molar-refractivity contribution in [1.29, 1.82) is 0 Å². The third kappa shape index (κ3) is 4.21. The average molecular weight is 313 g/mol. The van der Waals surface area contributed by atoms with Crippen molar-refractivity contribution >= 4 is 10.0 Å². The normalized spacial score (nSPS) is 20.6. The van der Waals surface area contributed by atoms with E-state index < -0.39 is 10.0 Å². The minimum absolute atomic E-state index is 0.116. The second kappa shape index (κ2) is 6.81. The largest absolute Gasteiger partial charge is 0.377 e. The minimum Gasteiger partial charge on any atom is -0.377 e. The van der Waals surface area contributed by atoms with Crippen LogP contribution in [0.5, 0.6) is 0 Å². The number of piperidine rings is 1. The number of hydrogen-bond acceptors (Lipinski definition) is 5. The molecule has 2 heterocycles. The minimum atomic E-state index is -3.15. The van der Waals surface area contributed by atoms with Crippen molar-refractivity contribution in [2.75, 3.05) is 26.0 Å². The summed E-state index contributed by atoms with van der Waals surface area (Å²) in [6.45, 7) is 6.00. The third-order valence-corrected chi connectivity index (χ3v) is 4.99. The summed E-state index contributed by atoms with van der Waals surface area (Å²) in [5, 5.41) is 0. The van der Waals surface area contributed by atoms with Crippen LogP contribution in [0.1, 0.15) is 42.8 Å². The maximum absolute atomic E-state index is 11.8. The molecule has 7 heteroatoms. The molecule has 0 aliphatic carbocycles. The Labute approximate surface area is 126 Å². The second-order valence-corrected chi connectivity index (χ2v) is 7.41. The van der Waals surface area contributed by atoms with Crippen LogP contribution in [-0.2, 0) is 21.4 Å². The van der Waals surface area contributed by atoms with Crippen molar-refractivity contribution < 1.29 is 13.2 Å². The summed E-state index contributed by atoms with van der Waals surface area (Å²) in [6.07, 6.45) is 4.87. The molecule has 118 valence electrons. The van der Waals surface area contributed by atoms with Crippen LogP contribution in [-0.4, -0.2) is 48.6 Å². The Bertz CT molecular complexity index is 589. The first-order valence-corrected chi connectivity index (χ1v) is 9.12. The first-order chi connectivity index (χ1) is 9.91. The Morgan fingerprint density at radius 3 is 2.90 bits per heavy atom. The molecule has 0 bridgehead atoms. The van der Waals surface area contributed by atoms with E-state index in [1.165, 1.54) is 6.26 Å². The summed E-state index contributed by atoms with van der Waals surface area (Å²) in [5.74, 6) is 0.826. The summed E-state index contributed by atoms with van der Waals surface area (Å²) in [6, 6.07) is 0. The smallest absolute Gasteiger partial charge is 0.211 e. The van der Waals surface area contributed by atoms with Crippen molar-refractivity contribution in [3.63, 3.8) is 0 Å². The molecular weight excluding hydrogens is 290 g/mol. The van der Waals surface area contributed by atoms with E-state index in [2.05, 4.69) is 9.97 Å². The Hall–Kier alpha value is -1.05. The molecule has 1 saturated heterocycles. The van der Waals surface area contributed by atoms with Gasteiger partial charge in [-0.2, -0.15) is 0 Å². The molecular formula is C14H23N3O3S. The molecule has 0 spiro atoms. The molecule has 1 aromatic rings. The standard InChI is InChI=1S/C14H23N3O3S/c1-4-20-10-13-8-15-11(2)16-14(13)12-6-5-7-17(9-12)21(3,18)19/h8,12H,4-7,9-10H2,1-3H3. The predicted molar refractivity (Wildman–Crippen MR) is 80.5 cm³/mol. The zero-order chi connectivity index (χ0) is 15.5. The van der Waals surface area contributed by atoms with Crippen LogP contribution in [0.2, 0.25) is 0 Å². The second-order valence-electron chi connectivity index (χ2n) is 5.42. The Morgan fingerprint density at radius 2 is 2.24 bits per heavy atom. The molecule has 1 aliphatic rings. The summed E-state index contributed by atoms with van der Waals surface area (Å²) in [5.41, 5.74) is 1.90. The highest BCUT2D eigenvalue weighted by molar-refractivity contribution is 7.88. The fraction of sp³-hybridized carbons (Fsp3) is 0.714. The molecule has 1 unspecified atom stereocenters. The van der Waals surface area contributed by atoms with Gasteiger partial charge in [0.1, 0.15) is 5.82 Å². The van der Waals surface area contributed by atoms with Crippen molar-refractivity contribution in [2.45, 2.75) is 39.2 Å². The Balaban J connectivity index is 2.25. The van der Waals surface area contributed by atoms with Gasteiger partial charge in [0.25, 0.3) is 0 Å². The van der Waals surface area contributed by atoms with E-state index in [0.29, 0.717) is 32.1 Å². The highest BCUT2D eigenvalue weighted by Gasteiger charge is 2.29. The molecule has 0 aromatic carbocycles. The van der Waals surface area contributed by atoms with Crippen LogP contribution in [0.15, 0.2) is 6.20 Å². The van der Waals surface area contributed by atoms with E-state index in [1.54, 1.807) is 10.5 Å². The zero-order valence-electron chi connectivity index (χ0n) is 12.9. The molecule has 1 fully saturated rings. The van der Waals surface area contributed by atoms with Crippen LogP contribution >= 0.6 is 0 Å². The van der Waals surface area contributed by atoms with Crippen molar-refractivity contribution in [1.82, 2.24) is 14.3 Å². The molecule has 0 saturated carbocycles. The number of nitrogens with zero attached hydrogens (tertiary/aromatic N) is 3. The average Bonchev–Trinajstić information content (AvgIpc) is 2.45. The number of sulfonamides is 1. The monoisotopic (exact) mass is 313 g/mol. The van der Waals surface area contributed by atoms with Gasteiger partial charge in [-0.1, -0.05) is 0 Å². The van der Waals surface area contributed by atoms with Gasteiger partial charge in [-0.25, -0.2) is 22.7 Å². The lowest BCUT2D eigenvalue weighted by Gasteiger charge is -2.31. The maximum Gasteiger partial charge on any atom is 0.211 e. The van der Waals surface area contributed by atoms with Crippen LogP contribution < -0.4 is 0 Å². The predicted octanol–water partition coefficient (Wildman–Crippen LogP) is 1.46. The molecule has 1 aromatic heterocycles. The Morgan fingerprint density at radius 1 is 1.48 bits per heavy atom. The van der Waals surface area contributed by atoms with Gasteiger partial charge < -0.3 is 4.74 Å². The van der Waals surface area contributed by atoms with E-state index in [4.69, 9.17) is 4.74 Å². The van der Waals surface area contributed by atoms with E-state index in [1.807, 2.05) is 13.8 Å². The summed E-state index contributed by atoms with van der Waals surface area (Å²) in [7, 11) is -3.15. The maximum atomic E-state index is 11.8. The van der Waals surface area contributed by atoms with Gasteiger partial charge in [0.15, 0.2) is 0 Å². The third-order valence-electron chi connectivity index (χ3n) is 3.72. The van der Waals surface area contributed by atoms with Gasteiger partial charge in [-0.3, -0.25) is 0 Å². The zero-order valence-corrected chi connectivity index (χ0v) is 13.7. The topological polar surface area (TPSA) is 72.4 Å². The number of aromatic nitrogens is 2. The summed E-state index contributed by atoms with van der Waals surface area (Å²) < 4.78 is 30.5. The molecule has 1 aliphatic heterocycles. The van der Waals surface area contributed by atoms with Gasteiger partial charge in [0, 0.05) is 37.4 Å². The molecule has 0 N–H and O–H groups in total. The number of ether oxygens (including phenoxy) is 1. The first kappa shape index (κ1) is 16.3. The number of rotatable bonds is 5. The molecule has 21 heavy (non-hydrogen) atoms. The number of aryl methyl sites for hydroxylation is 1. The lowest BCUT2D eigenvalue weighted by Crippen LogP contribution is -2.38. The fourth-order valence-electron chi connectivity index (χ4n) is 2.66. The lowest BCUT2D eigenvalue weighted by atomic mass is 9.93. The highest BCUT2D eigenvalue weighted by atomic mass is 32.2. The lowest BCUT2D eigenvalue weighted by molar-refractivity contribution is 0.132. The van der Waals surface area contributed by atoms with Gasteiger partial charge in [-0.05, 0) is 26.7 Å². The highest BCUT2D eigenvalue weighted by Crippen LogP contribution is 2.29. The molecule has 0 radical (unpaired) electrons. The van der Waals surface area contributed by atoms with E-state index in [9.17, 15) is 8.42 Å². The summed E-state index contributed by atoms with van der Waals surface area (Å²) >= 11 is 0. The van der Waals surface area contributed by atoms with Crippen molar-refractivity contribution in [3.8, 4) is 0 Å². The molecule has 1 atom stereocenters. The van der Waals surface area contributed by atoms with Gasteiger partial charge in [-0.15, -0.1) is 0 Å². The molecule has 2 rings (SSSR count). The SMILES string of the molecule is CCOCc1cnc(C)nc1C1CCCN(S(C)(=O)=O)C1. The van der Waals surface area contributed by atoms with E-state index >= 15 is 0 Å². The van der Waals surface area contributed by atoms with Crippen LogP contribution in [0, 0.1) is 6.92 Å². The fourth-order valence-corrected chi connectivity index (χ4v) is 3.57. The van der Waals surface area contributed by atoms with E-state index in [0.717, 1.165) is 24.1 Å². The number of hydrogen-bond donors (Lipinski definition) is 0. The van der Waals surface area contributed by atoms with Crippen molar-refractivity contribution in [2.24, 2.45) is 0 Å². The molecule has 0 amide bonds.